The summed E-state index contributed by atoms with van der Waals surface area (Å²) in [5.74, 6) is 0.408. The van der Waals surface area contributed by atoms with E-state index in [4.69, 9.17) is 5.73 Å². The predicted octanol–water partition coefficient (Wildman–Crippen LogP) is 2.04. The van der Waals surface area contributed by atoms with Gasteiger partial charge in [0.1, 0.15) is 6.04 Å². The van der Waals surface area contributed by atoms with Crippen LogP contribution in [-0.2, 0) is 0 Å². The molecule has 0 spiro atoms. The second-order valence-corrected chi connectivity index (χ2v) is 4.56. The molecule has 5 nitrogen and oxygen atoms in total. The third-order valence-electron chi connectivity index (χ3n) is 1.79. The fraction of sp³-hybridized carbons (Fsp3) is 0.125. The van der Waals surface area contributed by atoms with Crippen LogP contribution in [0.25, 0.3) is 0 Å². The van der Waals surface area contributed by atoms with Crippen molar-refractivity contribution in [1.29, 1.82) is 0 Å². The normalized spacial score (nSPS) is 12.7. The van der Waals surface area contributed by atoms with Crippen molar-refractivity contribution in [3.8, 4) is 0 Å². The Labute approximate surface area is 102 Å². The number of hydrogen-bond donors (Lipinski definition) is 1. The second kappa shape index (κ2) is 4.38. The molecule has 0 aliphatic heterocycles. The van der Waals surface area contributed by atoms with Crippen molar-refractivity contribution in [3.05, 3.63) is 39.1 Å². The van der Waals surface area contributed by atoms with Crippen molar-refractivity contribution in [2.75, 3.05) is 0 Å². The van der Waals surface area contributed by atoms with E-state index in [1.54, 1.807) is 6.20 Å². The first-order valence-corrected chi connectivity index (χ1v) is 5.60. The maximum atomic E-state index is 5.92. The highest BCUT2D eigenvalue weighted by atomic mass is 79.9. The Morgan fingerprint density at radius 2 is 2.13 bits per heavy atom. The molecule has 2 aromatic rings. The van der Waals surface area contributed by atoms with E-state index in [2.05, 4.69) is 51.5 Å². The molecule has 0 radical (unpaired) electrons. The van der Waals surface area contributed by atoms with Gasteiger partial charge in [-0.2, -0.15) is 4.98 Å². The number of hydrogen-bond acceptors (Lipinski definition) is 5. The molecule has 15 heavy (non-hydrogen) atoms. The lowest BCUT2D eigenvalue weighted by molar-refractivity contribution is 0.407. The Balaban J connectivity index is 2.38. The van der Waals surface area contributed by atoms with Gasteiger partial charge in [-0.1, -0.05) is 5.16 Å². The smallest absolute Gasteiger partial charge is 0.213 e. The topological polar surface area (TPSA) is 77.8 Å². The van der Waals surface area contributed by atoms with E-state index in [1.807, 2.05) is 6.07 Å². The summed E-state index contributed by atoms with van der Waals surface area (Å²) >= 11 is 6.69. The van der Waals surface area contributed by atoms with Gasteiger partial charge in [0, 0.05) is 15.1 Å². The monoisotopic (exact) mass is 332 g/mol. The first kappa shape index (κ1) is 10.7. The molecule has 1 atom stereocenters. The molecule has 7 heteroatoms. The van der Waals surface area contributed by atoms with Crippen LogP contribution in [0.4, 0.5) is 0 Å². The maximum absolute atomic E-state index is 5.92. The van der Waals surface area contributed by atoms with Gasteiger partial charge in [0.25, 0.3) is 0 Å². The molecule has 2 rings (SSSR count). The zero-order valence-corrected chi connectivity index (χ0v) is 10.6. The van der Waals surface area contributed by atoms with Gasteiger partial charge in [0.15, 0.2) is 5.82 Å². The largest absolute Gasteiger partial charge is 0.343 e. The molecule has 0 aromatic carbocycles. The fourth-order valence-corrected chi connectivity index (χ4v) is 2.33. The van der Waals surface area contributed by atoms with Crippen LogP contribution in [-0.4, -0.2) is 15.1 Å². The van der Waals surface area contributed by atoms with E-state index in [9.17, 15) is 0 Å². The van der Waals surface area contributed by atoms with Gasteiger partial charge in [-0.15, -0.1) is 0 Å². The third kappa shape index (κ3) is 2.24. The zero-order chi connectivity index (χ0) is 10.8. The summed E-state index contributed by atoms with van der Waals surface area (Å²) in [7, 11) is 0. The van der Waals surface area contributed by atoms with Crippen molar-refractivity contribution in [2.45, 2.75) is 6.04 Å². The Hall–Kier alpha value is -0.790. The molecule has 0 aliphatic rings. The molecule has 0 bridgehead atoms. The molecule has 1 unspecified atom stereocenters. The fourth-order valence-electron chi connectivity index (χ4n) is 1.09. The molecule has 0 amide bonds. The highest BCUT2D eigenvalue weighted by molar-refractivity contribution is 9.11. The van der Waals surface area contributed by atoms with Crippen LogP contribution >= 0.6 is 31.9 Å². The maximum Gasteiger partial charge on any atom is 0.213 e. The van der Waals surface area contributed by atoms with Gasteiger partial charge in [0.2, 0.25) is 6.39 Å². The predicted molar refractivity (Wildman–Crippen MR) is 60.0 cm³/mol. The lowest BCUT2D eigenvalue weighted by Crippen LogP contribution is -2.15. The van der Waals surface area contributed by atoms with Crippen LogP contribution in [0.5, 0.6) is 0 Å². The SMILES string of the molecule is NC(c1ncon1)c1ncc(Br)cc1Br. The van der Waals surface area contributed by atoms with Crippen LogP contribution in [0.3, 0.4) is 0 Å². The summed E-state index contributed by atoms with van der Waals surface area (Å²) in [4.78, 5) is 8.07. The summed E-state index contributed by atoms with van der Waals surface area (Å²) in [6, 6.07) is 1.37. The molecule has 2 aromatic heterocycles. The molecule has 0 saturated heterocycles. The molecular formula is C8H6Br2N4O. The van der Waals surface area contributed by atoms with E-state index in [-0.39, 0.29) is 0 Å². The number of aromatic nitrogens is 3. The standard InChI is InChI=1S/C8H6Br2N4O/c9-4-1-5(10)7(12-2-4)6(11)8-13-3-15-14-8/h1-3,6H,11H2. The van der Waals surface area contributed by atoms with Crippen molar-refractivity contribution >= 4 is 31.9 Å². The van der Waals surface area contributed by atoms with Gasteiger partial charge in [-0.05, 0) is 37.9 Å². The van der Waals surface area contributed by atoms with Crippen molar-refractivity contribution in [2.24, 2.45) is 5.73 Å². The van der Waals surface area contributed by atoms with Crippen LogP contribution in [0.1, 0.15) is 17.6 Å². The van der Waals surface area contributed by atoms with Gasteiger partial charge < -0.3 is 10.3 Å². The Morgan fingerprint density at radius 1 is 1.33 bits per heavy atom. The van der Waals surface area contributed by atoms with Gasteiger partial charge in [0.05, 0.1) is 5.69 Å². The lowest BCUT2D eigenvalue weighted by atomic mass is 10.2. The molecule has 0 aliphatic carbocycles. The molecular weight excluding hydrogens is 328 g/mol. The van der Waals surface area contributed by atoms with Crippen molar-refractivity contribution in [1.82, 2.24) is 15.1 Å². The minimum Gasteiger partial charge on any atom is -0.343 e. The van der Waals surface area contributed by atoms with Crippen molar-refractivity contribution < 1.29 is 4.52 Å². The number of pyridine rings is 1. The summed E-state index contributed by atoms with van der Waals surface area (Å²) in [6.07, 6.45) is 2.90. The molecule has 0 saturated carbocycles. The zero-order valence-electron chi connectivity index (χ0n) is 7.39. The van der Waals surface area contributed by atoms with Crippen LogP contribution in [0, 0.1) is 0 Å². The second-order valence-electron chi connectivity index (χ2n) is 2.79. The molecule has 2 heterocycles. The average Bonchev–Trinajstić information content (AvgIpc) is 2.69. The Bertz CT molecular complexity index is 460. The number of nitrogens with two attached hydrogens (primary N) is 1. The number of nitrogens with zero attached hydrogens (tertiary/aromatic N) is 3. The Kier molecular flexibility index (Phi) is 3.13. The highest BCUT2D eigenvalue weighted by Crippen LogP contribution is 2.25. The minimum atomic E-state index is -0.494. The minimum absolute atomic E-state index is 0.408. The molecule has 78 valence electrons. The highest BCUT2D eigenvalue weighted by Gasteiger charge is 2.17. The first-order valence-electron chi connectivity index (χ1n) is 4.01. The Morgan fingerprint density at radius 3 is 2.73 bits per heavy atom. The molecule has 2 N–H and O–H groups in total. The van der Waals surface area contributed by atoms with Crippen LogP contribution < -0.4 is 5.73 Å². The van der Waals surface area contributed by atoms with Crippen LogP contribution in [0.15, 0.2) is 32.1 Å². The lowest BCUT2D eigenvalue weighted by Gasteiger charge is -2.08. The summed E-state index contributed by atoms with van der Waals surface area (Å²) in [5.41, 5.74) is 6.59. The van der Waals surface area contributed by atoms with Gasteiger partial charge in [-0.25, -0.2) is 0 Å². The van der Waals surface area contributed by atoms with E-state index in [1.165, 1.54) is 6.39 Å². The summed E-state index contributed by atoms with van der Waals surface area (Å²) in [5, 5.41) is 3.67. The average molecular weight is 334 g/mol. The van der Waals surface area contributed by atoms with Gasteiger partial charge >= 0.3 is 0 Å². The van der Waals surface area contributed by atoms with E-state index in [0.717, 1.165) is 8.95 Å². The van der Waals surface area contributed by atoms with E-state index in [0.29, 0.717) is 11.5 Å². The van der Waals surface area contributed by atoms with E-state index < -0.39 is 6.04 Å². The number of halogens is 2. The first-order chi connectivity index (χ1) is 7.18. The van der Waals surface area contributed by atoms with Crippen molar-refractivity contribution in [3.63, 3.8) is 0 Å². The third-order valence-corrected chi connectivity index (χ3v) is 2.86. The number of rotatable bonds is 2. The van der Waals surface area contributed by atoms with Crippen LogP contribution in [0.2, 0.25) is 0 Å². The summed E-state index contributed by atoms with van der Waals surface area (Å²) < 4.78 is 6.30. The van der Waals surface area contributed by atoms with Gasteiger partial charge in [-0.3, -0.25) is 4.98 Å². The molecule has 0 fully saturated rings. The summed E-state index contributed by atoms with van der Waals surface area (Å²) in [6.45, 7) is 0. The quantitative estimate of drug-likeness (QED) is 0.909. The van der Waals surface area contributed by atoms with E-state index >= 15 is 0 Å².